The largest absolute Gasteiger partial charge is 0.312 e. The van der Waals surface area contributed by atoms with Crippen molar-refractivity contribution in [1.29, 1.82) is 0 Å². The summed E-state index contributed by atoms with van der Waals surface area (Å²) in [5, 5.41) is 3.36. The van der Waals surface area contributed by atoms with Gasteiger partial charge in [0, 0.05) is 6.54 Å². The van der Waals surface area contributed by atoms with E-state index >= 15 is 0 Å². The molecule has 0 heterocycles. The molecular formula is C14H22FN. The molecule has 1 atom stereocenters. The van der Waals surface area contributed by atoms with Crippen molar-refractivity contribution in [3.8, 4) is 0 Å². The smallest absolute Gasteiger partial charge is 0.126 e. The van der Waals surface area contributed by atoms with E-state index < -0.39 is 0 Å². The summed E-state index contributed by atoms with van der Waals surface area (Å²) < 4.78 is 13.3. The van der Waals surface area contributed by atoms with Gasteiger partial charge in [-0.1, -0.05) is 32.9 Å². The average molecular weight is 223 g/mol. The highest BCUT2D eigenvalue weighted by Gasteiger charge is 2.06. The van der Waals surface area contributed by atoms with E-state index in [0.29, 0.717) is 17.4 Å². The Kier molecular flexibility index (Phi) is 4.94. The first-order chi connectivity index (χ1) is 7.50. The zero-order valence-corrected chi connectivity index (χ0v) is 10.7. The Morgan fingerprint density at radius 2 is 1.94 bits per heavy atom. The SMILES string of the molecule is Cc1ccc(CNCC(C)C(C)C)cc1F. The van der Waals surface area contributed by atoms with Crippen LogP contribution in [-0.2, 0) is 6.54 Å². The van der Waals surface area contributed by atoms with Crippen LogP contribution in [0.25, 0.3) is 0 Å². The molecule has 1 aromatic carbocycles. The Balaban J connectivity index is 2.40. The maximum absolute atomic E-state index is 13.3. The molecule has 0 saturated heterocycles. The lowest BCUT2D eigenvalue weighted by molar-refractivity contribution is 0.392. The first-order valence-electron chi connectivity index (χ1n) is 5.96. The van der Waals surface area contributed by atoms with Crippen LogP contribution in [0.1, 0.15) is 31.9 Å². The van der Waals surface area contributed by atoms with Crippen LogP contribution < -0.4 is 5.32 Å². The topological polar surface area (TPSA) is 12.0 Å². The second kappa shape index (κ2) is 6.00. The molecule has 16 heavy (non-hydrogen) atoms. The fraction of sp³-hybridized carbons (Fsp3) is 0.571. The van der Waals surface area contributed by atoms with E-state index in [-0.39, 0.29) is 5.82 Å². The van der Waals surface area contributed by atoms with E-state index in [1.54, 1.807) is 13.0 Å². The fourth-order valence-electron chi connectivity index (χ4n) is 1.43. The van der Waals surface area contributed by atoms with Crippen LogP contribution in [-0.4, -0.2) is 6.54 Å². The van der Waals surface area contributed by atoms with Gasteiger partial charge in [0.25, 0.3) is 0 Å². The first kappa shape index (κ1) is 13.2. The number of hydrogen-bond donors (Lipinski definition) is 1. The van der Waals surface area contributed by atoms with Gasteiger partial charge in [0.2, 0.25) is 0 Å². The third-order valence-corrected chi connectivity index (χ3v) is 3.17. The fourth-order valence-corrected chi connectivity index (χ4v) is 1.43. The molecule has 1 nitrogen and oxygen atoms in total. The molecule has 1 aromatic rings. The quantitative estimate of drug-likeness (QED) is 0.805. The molecule has 0 saturated carbocycles. The summed E-state index contributed by atoms with van der Waals surface area (Å²) >= 11 is 0. The van der Waals surface area contributed by atoms with Crippen LogP contribution in [0, 0.1) is 24.6 Å². The molecule has 2 heteroatoms. The summed E-state index contributed by atoms with van der Waals surface area (Å²) in [6.07, 6.45) is 0. The molecular weight excluding hydrogens is 201 g/mol. The second-order valence-electron chi connectivity index (χ2n) is 4.94. The molecule has 1 rings (SSSR count). The van der Waals surface area contributed by atoms with Gasteiger partial charge in [-0.2, -0.15) is 0 Å². The van der Waals surface area contributed by atoms with Gasteiger partial charge in [-0.15, -0.1) is 0 Å². The summed E-state index contributed by atoms with van der Waals surface area (Å²) in [4.78, 5) is 0. The van der Waals surface area contributed by atoms with Crippen LogP contribution in [0.5, 0.6) is 0 Å². The number of halogens is 1. The minimum absolute atomic E-state index is 0.115. The molecule has 0 bridgehead atoms. The number of nitrogens with one attached hydrogen (secondary N) is 1. The highest BCUT2D eigenvalue weighted by Crippen LogP contribution is 2.10. The summed E-state index contributed by atoms with van der Waals surface area (Å²) in [6, 6.07) is 5.42. The van der Waals surface area contributed by atoms with Crippen LogP contribution in [0.2, 0.25) is 0 Å². The van der Waals surface area contributed by atoms with E-state index in [1.165, 1.54) is 0 Å². The van der Waals surface area contributed by atoms with Gasteiger partial charge in [-0.05, 0) is 42.5 Å². The van der Waals surface area contributed by atoms with E-state index in [9.17, 15) is 4.39 Å². The minimum Gasteiger partial charge on any atom is -0.312 e. The van der Waals surface area contributed by atoms with Crippen molar-refractivity contribution in [2.45, 2.75) is 34.2 Å². The Labute approximate surface area is 98.1 Å². The van der Waals surface area contributed by atoms with E-state index in [4.69, 9.17) is 0 Å². The summed E-state index contributed by atoms with van der Waals surface area (Å²) in [5.74, 6) is 1.22. The lowest BCUT2D eigenvalue weighted by Gasteiger charge is -2.16. The van der Waals surface area contributed by atoms with Crippen LogP contribution in [0.3, 0.4) is 0 Å². The molecule has 0 fully saturated rings. The lowest BCUT2D eigenvalue weighted by atomic mass is 9.98. The van der Waals surface area contributed by atoms with Gasteiger partial charge in [0.1, 0.15) is 5.82 Å². The summed E-state index contributed by atoms with van der Waals surface area (Å²) in [5.41, 5.74) is 1.72. The average Bonchev–Trinajstić information content (AvgIpc) is 2.23. The highest BCUT2D eigenvalue weighted by atomic mass is 19.1. The van der Waals surface area contributed by atoms with E-state index in [1.807, 2.05) is 12.1 Å². The molecule has 0 aliphatic carbocycles. The molecule has 90 valence electrons. The van der Waals surface area contributed by atoms with Crippen molar-refractivity contribution in [3.63, 3.8) is 0 Å². The molecule has 1 unspecified atom stereocenters. The molecule has 0 radical (unpaired) electrons. The van der Waals surface area contributed by atoms with Crippen LogP contribution >= 0.6 is 0 Å². The Hall–Kier alpha value is -0.890. The van der Waals surface area contributed by atoms with Crippen molar-refractivity contribution >= 4 is 0 Å². The van der Waals surface area contributed by atoms with Crippen LogP contribution in [0.4, 0.5) is 4.39 Å². The predicted molar refractivity (Wildman–Crippen MR) is 66.8 cm³/mol. The van der Waals surface area contributed by atoms with Gasteiger partial charge >= 0.3 is 0 Å². The van der Waals surface area contributed by atoms with Crippen molar-refractivity contribution < 1.29 is 4.39 Å². The summed E-state index contributed by atoms with van der Waals surface area (Å²) in [6.45, 7) is 10.2. The van der Waals surface area contributed by atoms with Crippen molar-refractivity contribution in [3.05, 3.63) is 35.1 Å². The molecule has 0 aromatic heterocycles. The highest BCUT2D eigenvalue weighted by molar-refractivity contribution is 5.23. The Bertz CT molecular complexity index is 334. The van der Waals surface area contributed by atoms with Gasteiger partial charge in [-0.3, -0.25) is 0 Å². The lowest BCUT2D eigenvalue weighted by Crippen LogP contribution is -2.23. The number of benzene rings is 1. The maximum atomic E-state index is 13.3. The number of rotatable bonds is 5. The van der Waals surface area contributed by atoms with Gasteiger partial charge in [0.15, 0.2) is 0 Å². The predicted octanol–water partition coefficient (Wildman–Crippen LogP) is 3.52. The number of aryl methyl sites for hydroxylation is 1. The second-order valence-corrected chi connectivity index (χ2v) is 4.94. The van der Waals surface area contributed by atoms with E-state index in [2.05, 4.69) is 26.1 Å². The maximum Gasteiger partial charge on any atom is 0.126 e. The third kappa shape index (κ3) is 3.93. The standard InChI is InChI=1S/C14H22FN/c1-10(2)12(4)8-16-9-13-6-5-11(3)14(15)7-13/h5-7,10,12,16H,8-9H2,1-4H3. The van der Waals surface area contributed by atoms with Gasteiger partial charge < -0.3 is 5.32 Å². The zero-order valence-electron chi connectivity index (χ0n) is 10.7. The third-order valence-electron chi connectivity index (χ3n) is 3.17. The Morgan fingerprint density at radius 3 is 2.50 bits per heavy atom. The molecule has 0 aliphatic rings. The normalized spacial score (nSPS) is 13.1. The molecule has 1 N–H and O–H groups in total. The zero-order chi connectivity index (χ0) is 12.1. The van der Waals surface area contributed by atoms with Gasteiger partial charge in [-0.25, -0.2) is 4.39 Å². The first-order valence-corrected chi connectivity index (χ1v) is 5.96. The molecule has 0 amide bonds. The van der Waals surface area contributed by atoms with Crippen molar-refractivity contribution in [2.75, 3.05) is 6.54 Å². The summed E-state index contributed by atoms with van der Waals surface area (Å²) in [7, 11) is 0. The van der Waals surface area contributed by atoms with Gasteiger partial charge in [0.05, 0.1) is 0 Å². The van der Waals surface area contributed by atoms with Crippen molar-refractivity contribution in [2.24, 2.45) is 11.8 Å². The van der Waals surface area contributed by atoms with Crippen molar-refractivity contribution in [1.82, 2.24) is 5.32 Å². The molecule has 0 aliphatic heterocycles. The minimum atomic E-state index is -0.115. The molecule has 0 spiro atoms. The Morgan fingerprint density at radius 1 is 1.25 bits per heavy atom. The van der Waals surface area contributed by atoms with E-state index in [0.717, 1.165) is 18.7 Å². The number of hydrogen-bond acceptors (Lipinski definition) is 1. The van der Waals surface area contributed by atoms with Crippen LogP contribution in [0.15, 0.2) is 18.2 Å². The monoisotopic (exact) mass is 223 g/mol.